The fraction of sp³-hybridized carbons (Fsp3) is 0.333. The molecule has 1 aliphatic rings. The number of alkyl halides is 3. The lowest BCUT2D eigenvalue weighted by Gasteiger charge is -2.32. The number of nitrogens with zero attached hydrogens (tertiary/aromatic N) is 3. The molecule has 2 aromatic rings. The number of hydrogen-bond donors (Lipinski definition) is 2. The number of anilines is 3. The van der Waals surface area contributed by atoms with Crippen molar-refractivity contribution >= 4 is 34.9 Å². The number of carbonyl (C=O) groups is 3. The average Bonchev–Trinajstić information content (AvgIpc) is 2.85. The van der Waals surface area contributed by atoms with E-state index in [4.69, 9.17) is 0 Å². The highest BCUT2D eigenvalue weighted by atomic mass is 19.4. The number of amides is 3. The van der Waals surface area contributed by atoms with E-state index in [1.54, 1.807) is 24.4 Å². The Kier molecular flexibility index (Phi) is 6.78. The van der Waals surface area contributed by atoms with Gasteiger partial charge < -0.3 is 10.6 Å². The summed E-state index contributed by atoms with van der Waals surface area (Å²) in [5.41, 5.74) is 0.978. The lowest BCUT2D eigenvalue weighted by Crippen LogP contribution is -2.52. The SMILES string of the molecule is Cc1ccc(NC(=O)CN(C)CC(=O)N2c3ccccc3NC(=O)CC2C(F)(F)F)nc1. The summed E-state index contributed by atoms with van der Waals surface area (Å²) in [5, 5.41) is 4.97. The summed E-state index contributed by atoms with van der Waals surface area (Å²) in [6, 6.07) is 6.86. The summed E-state index contributed by atoms with van der Waals surface area (Å²) in [5.74, 6) is -1.88. The number of fused-ring (bicyclic) bond motifs is 1. The number of hydrogen-bond acceptors (Lipinski definition) is 5. The number of pyridine rings is 1. The molecule has 1 unspecified atom stereocenters. The molecule has 1 aliphatic heterocycles. The fourth-order valence-electron chi connectivity index (χ4n) is 3.33. The quantitative estimate of drug-likeness (QED) is 0.732. The predicted molar refractivity (Wildman–Crippen MR) is 112 cm³/mol. The molecule has 170 valence electrons. The van der Waals surface area contributed by atoms with Crippen molar-refractivity contribution in [3.8, 4) is 0 Å². The van der Waals surface area contributed by atoms with Gasteiger partial charge in [-0.1, -0.05) is 18.2 Å². The second-order valence-electron chi connectivity index (χ2n) is 7.53. The van der Waals surface area contributed by atoms with Gasteiger partial charge in [0.15, 0.2) is 0 Å². The van der Waals surface area contributed by atoms with E-state index in [2.05, 4.69) is 15.6 Å². The molecule has 0 saturated heterocycles. The molecule has 2 heterocycles. The van der Waals surface area contributed by atoms with Gasteiger partial charge in [-0.3, -0.25) is 24.2 Å². The molecule has 8 nitrogen and oxygen atoms in total. The van der Waals surface area contributed by atoms with Crippen LogP contribution in [0.3, 0.4) is 0 Å². The van der Waals surface area contributed by atoms with E-state index in [-0.39, 0.29) is 17.9 Å². The molecule has 3 rings (SSSR count). The molecule has 1 aromatic heterocycles. The maximum absolute atomic E-state index is 13.8. The van der Waals surface area contributed by atoms with Gasteiger partial charge in [-0.15, -0.1) is 0 Å². The molecule has 0 bridgehead atoms. The van der Waals surface area contributed by atoms with Crippen molar-refractivity contribution in [1.29, 1.82) is 0 Å². The second-order valence-corrected chi connectivity index (χ2v) is 7.53. The van der Waals surface area contributed by atoms with Crippen LogP contribution in [0.15, 0.2) is 42.6 Å². The Morgan fingerprint density at radius 2 is 1.94 bits per heavy atom. The molecular formula is C21H22F3N5O3. The molecule has 0 aliphatic carbocycles. The Bertz CT molecular complexity index is 1010. The summed E-state index contributed by atoms with van der Waals surface area (Å²) < 4.78 is 41.3. The molecule has 0 fully saturated rings. The van der Waals surface area contributed by atoms with Gasteiger partial charge in [0.1, 0.15) is 11.9 Å². The first kappa shape index (κ1) is 23.2. The van der Waals surface area contributed by atoms with Crippen LogP contribution in [-0.4, -0.2) is 60.0 Å². The largest absolute Gasteiger partial charge is 0.409 e. The van der Waals surface area contributed by atoms with E-state index >= 15 is 0 Å². The van der Waals surface area contributed by atoms with Crippen molar-refractivity contribution < 1.29 is 27.6 Å². The van der Waals surface area contributed by atoms with Crippen LogP contribution in [0.1, 0.15) is 12.0 Å². The molecule has 1 aromatic carbocycles. The molecule has 3 amide bonds. The van der Waals surface area contributed by atoms with Gasteiger partial charge in [-0.2, -0.15) is 13.2 Å². The van der Waals surface area contributed by atoms with Crippen molar-refractivity contribution in [3.63, 3.8) is 0 Å². The maximum atomic E-state index is 13.8. The topological polar surface area (TPSA) is 94.6 Å². The molecule has 0 saturated carbocycles. The maximum Gasteiger partial charge on any atom is 0.409 e. The average molecular weight is 449 g/mol. The number of nitrogens with one attached hydrogen (secondary N) is 2. The minimum atomic E-state index is -4.82. The van der Waals surface area contributed by atoms with Crippen molar-refractivity contribution in [3.05, 3.63) is 48.2 Å². The molecule has 0 radical (unpaired) electrons. The summed E-state index contributed by atoms with van der Waals surface area (Å²) in [6.07, 6.45) is -4.17. The van der Waals surface area contributed by atoms with Gasteiger partial charge in [0.2, 0.25) is 17.7 Å². The number of rotatable bonds is 5. The molecule has 2 N–H and O–H groups in total. The van der Waals surface area contributed by atoms with Gasteiger partial charge in [0, 0.05) is 6.20 Å². The smallest absolute Gasteiger partial charge is 0.324 e. The Morgan fingerprint density at radius 1 is 1.22 bits per heavy atom. The first-order chi connectivity index (χ1) is 15.0. The van der Waals surface area contributed by atoms with Crippen molar-refractivity contribution in [2.75, 3.05) is 35.7 Å². The van der Waals surface area contributed by atoms with Crippen molar-refractivity contribution in [1.82, 2.24) is 9.88 Å². The minimum absolute atomic E-state index is 0.0487. The molecular weight excluding hydrogens is 427 g/mol. The lowest BCUT2D eigenvalue weighted by molar-refractivity contribution is -0.158. The van der Waals surface area contributed by atoms with Crippen LogP contribution >= 0.6 is 0 Å². The third-order valence-corrected chi connectivity index (χ3v) is 4.77. The Hall–Kier alpha value is -3.47. The van der Waals surface area contributed by atoms with Crippen molar-refractivity contribution in [2.45, 2.75) is 25.6 Å². The van der Waals surface area contributed by atoms with E-state index in [1.165, 1.54) is 30.1 Å². The van der Waals surface area contributed by atoms with E-state index < -0.39 is 42.9 Å². The summed E-state index contributed by atoms with van der Waals surface area (Å²) in [7, 11) is 1.44. The highest BCUT2D eigenvalue weighted by molar-refractivity contribution is 6.05. The highest BCUT2D eigenvalue weighted by Crippen LogP contribution is 2.37. The van der Waals surface area contributed by atoms with Crippen LogP contribution in [0, 0.1) is 6.92 Å². The minimum Gasteiger partial charge on any atom is -0.324 e. The fourth-order valence-corrected chi connectivity index (χ4v) is 3.33. The van der Waals surface area contributed by atoms with E-state index in [0.717, 1.165) is 5.56 Å². The lowest BCUT2D eigenvalue weighted by atomic mass is 10.1. The Balaban J connectivity index is 1.75. The number of benzene rings is 1. The highest BCUT2D eigenvalue weighted by Gasteiger charge is 2.49. The number of carbonyl (C=O) groups excluding carboxylic acids is 3. The number of aromatic nitrogens is 1. The normalized spacial score (nSPS) is 16.2. The second kappa shape index (κ2) is 9.35. The summed E-state index contributed by atoms with van der Waals surface area (Å²) >= 11 is 0. The molecule has 1 atom stereocenters. The van der Waals surface area contributed by atoms with E-state index in [1.807, 2.05) is 6.92 Å². The van der Waals surface area contributed by atoms with Crippen LogP contribution in [0.25, 0.3) is 0 Å². The summed E-state index contributed by atoms with van der Waals surface area (Å²) in [4.78, 5) is 43.1. The zero-order valence-electron chi connectivity index (χ0n) is 17.4. The van der Waals surface area contributed by atoms with Crippen LogP contribution in [0.4, 0.5) is 30.4 Å². The number of para-hydroxylation sites is 2. The Morgan fingerprint density at radius 3 is 2.59 bits per heavy atom. The zero-order chi connectivity index (χ0) is 23.5. The van der Waals surface area contributed by atoms with Gasteiger partial charge in [-0.25, -0.2) is 4.98 Å². The molecule has 11 heteroatoms. The van der Waals surface area contributed by atoms with Crippen molar-refractivity contribution in [2.24, 2.45) is 0 Å². The zero-order valence-corrected chi connectivity index (χ0v) is 17.4. The van der Waals surface area contributed by atoms with E-state index in [0.29, 0.717) is 10.7 Å². The first-order valence-corrected chi connectivity index (χ1v) is 9.73. The monoisotopic (exact) mass is 449 g/mol. The van der Waals surface area contributed by atoms with E-state index in [9.17, 15) is 27.6 Å². The number of likely N-dealkylation sites (N-methyl/N-ethyl adjacent to an activating group) is 1. The van der Waals surface area contributed by atoms with Gasteiger partial charge in [-0.05, 0) is 37.7 Å². The van der Waals surface area contributed by atoms with Gasteiger partial charge >= 0.3 is 6.18 Å². The van der Waals surface area contributed by atoms with Crippen LogP contribution in [-0.2, 0) is 14.4 Å². The van der Waals surface area contributed by atoms with Crippen LogP contribution < -0.4 is 15.5 Å². The first-order valence-electron chi connectivity index (χ1n) is 9.73. The summed E-state index contributed by atoms with van der Waals surface area (Å²) in [6.45, 7) is 1.13. The predicted octanol–water partition coefficient (Wildman–Crippen LogP) is 2.57. The molecule has 0 spiro atoms. The van der Waals surface area contributed by atoms with Gasteiger partial charge in [0.25, 0.3) is 0 Å². The van der Waals surface area contributed by atoms with Crippen LogP contribution in [0.2, 0.25) is 0 Å². The van der Waals surface area contributed by atoms with Gasteiger partial charge in [0.05, 0.1) is 30.9 Å². The molecule has 32 heavy (non-hydrogen) atoms. The Labute approximate surface area is 182 Å². The standard InChI is InChI=1S/C21H22F3N5O3/c1-13-7-8-17(25-10-13)27-19(31)11-28(2)12-20(32)29-15-6-4-3-5-14(15)26-18(30)9-16(29)21(22,23)24/h3-8,10,16H,9,11-12H2,1-2H3,(H,26,30)(H,25,27,31). The third kappa shape index (κ3) is 5.61. The van der Waals surface area contributed by atoms with Crippen LogP contribution in [0.5, 0.6) is 0 Å². The number of halogens is 3. The number of aryl methyl sites for hydroxylation is 1. The third-order valence-electron chi connectivity index (χ3n) is 4.77.